The van der Waals surface area contributed by atoms with Crippen molar-refractivity contribution >= 4 is 17.4 Å². The van der Waals surface area contributed by atoms with Crippen LogP contribution in [0.25, 0.3) is 0 Å². The van der Waals surface area contributed by atoms with Gasteiger partial charge in [0.1, 0.15) is 23.9 Å². The first-order valence-corrected chi connectivity index (χ1v) is 6.38. The van der Waals surface area contributed by atoms with Crippen molar-refractivity contribution in [2.24, 2.45) is 0 Å². The van der Waals surface area contributed by atoms with Gasteiger partial charge in [0.05, 0.1) is 10.6 Å². The van der Waals surface area contributed by atoms with Crippen molar-refractivity contribution in [2.45, 2.75) is 6.61 Å². The van der Waals surface area contributed by atoms with Crippen LogP contribution in [0.15, 0.2) is 36.4 Å². The molecule has 20 heavy (non-hydrogen) atoms. The molecule has 2 aromatic carbocycles. The van der Waals surface area contributed by atoms with E-state index in [2.05, 4.69) is 0 Å². The topological polar surface area (TPSA) is 35.5 Å². The molecular formula is C15H10ClFO3. The summed E-state index contributed by atoms with van der Waals surface area (Å²) in [5, 5.41) is 0.0639. The second-order valence-corrected chi connectivity index (χ2v) is 4.78. The van der Waals surface area contributed by atoms with Crippen LogP contribution in [0.4, 0.5) is 4.39 Å². The number of benzene rings is 2. The Hall–Kier alpha value is -2.07. The Labute approximate surface area is 119 Å². The Morgan fingerprint density at radius 2 is 2.15 bits per heavy atom. The molecule has 1 heterocycles. The van der Waals surface area contributed by atoms with Crippen LogP contribution in [0.3, 0.4) is 0 Å². The fourth-order valence-corrected chi connectivity index (χ4v) is 2.18. The van der Waals surface area contributed by atoms with Crippen molar-refractivity contribution < 1.29 is 18.7 Å². The van der Waals surface area contributed by atoms with Crippen molar-refractivity contribution in [3.8, 4) is 11.5 Å². The number of carbonyl (C=O) groups is 1. The van der Waals surface area contributed by atoms with E-state index in [9.17, 15) is 9.18 Å². The molecular weight excluding hydrogens is 283 g/mol. The first-order valence-electron chi connectivity index (χ1n) is 6.01. The zero-order chi connectivity index (χ0) is 14.1. The number of halogens is 2. The summed E-state index contributed by atoms with van der Waals surface area (Å²) in [6, 6.07) is 9.68. The molecule has 0 N–H and O–H groups in total. The number of ketones is 1. The third-order valence-electron chi connectivity index (χ3n) is 3.04. The average Bonchev–Trinajstić information content (AvgIpc) is 2.82. The fraction of sp³-hybridized carbons (Fsp3) is 0.133. The summed E-state index contributed by atoms with van der Waals surface area (Å²) in [5.74, 6) is 0.478. The number of Topliss-reactive ketones (excluding diaryl/α,β-unsaturated/α-hetero) is 1. The molecule has 0 spiro atoms. The molecule has 0 fully saturated rings. The van der Waals surface area contributed by atoms with Crippen LogP contribution in [-0.2, 0) is 6.61 Å². The van der Waals surface area contributed by atoms with E-state index < -0.39 is 5.82 Å². The van der Waals surface area contributed by atoms with Gasteiger partial charge < -0.3 is 9.47 Å². The van der Waals surface area contributed by atoms with Gasteiger partial charge in [-0.3, -0.25) is 4.79 Å². The van der Waals surface area contributed by atoms with Crippen LogP contribution >= 0.6 is 11.6 Å². The Balaban J connectivity index is 1.76. The van der Waals surface area contributed by atoms with E-state index in [0.29, 0.717) is 22.6 Å². The summed E-state index contributed by atoms with van der Waals surface area (Å²) in [7, 11) is 0. The Morgan fingerprint density at radius 1 is 1.30 bits per heavy atom. The maximum absolute atomic E-state index is 13.7. The molecule has 1 aliphatic rings. The Morgan fingerprint density at radius 3 is 3.00 bits per heavy atom. The molecule has 3 nitrogen and oxygen atoms in total. The molecule has 102 valence electrons. The molecule has 0 amide bonds. The third kappa shape index (κ3) is 2.34. The molecule has 1 aliphatic heterocycles. The summed E-state index contributed by atoms with van der Waals surface area (Å²) in [5.41, 5.74) is 0.918. The van der Waals surface area contributed by atoms with Crippen LogP contribution < -0.4 is 9.47 Å². The highest BCUT2D eigenvalue weighted by atomic mass is 35.5. The van der Waals surface area contributed by atoms with Gasteiger partial charge in [-0.1, -0.05) is 23.7 Å². The molecule has 0 saturated carbocycles. The molecule has 0 unspecified atom stereocenters. The maximum Gasteiger partial charge on any atom is 0.203 e. The van der Waals surface area contributed by atoms with E-state index >= 15 is 0 Å². The number of rotatable bonds is 3. The van der Waals surface area contributed by atoms with Gasteiger partial charge in [0.15, 0.2) is 6.61 Å². The number of hydrogen-bond donors (Lipinski definition) is 0. The molecule has 5 heteroatoms. The second-order valence-electron chi connectivity index (χ2n) is 4.37. The quantitative estimate of drug-likeness (QED) is 0.866. The fourth-order valence-electron chi connectivity index (χ4n) is 1.98. The smallest absolute Gasteiger partial charge is 0.203 e. The number of carbonyl (C=O) groups excluding carboxylic acids is 1. The predicted octanol–water partition coefficient (Wildman–Crippen LogP) is 3.63. The minimum Gasteiger partial charge on any atom is -0.489 e. The van der Waals surface area contributed by atoms with Crippen LogP contribution in [0.2, 0.25) is 5.02 Å². The summed E-state index contributed by atoms with van der Waals surface area (Å²) in [4.78, 5) is 11.4. The van der Waals surface area contributed by atoms with E-state index in [1.165, 1.54) is 6.07 Å². The predicted molar refractivity (Wildman–Crippen MR) is 72.0 cm³/mol. The molecule has 0 radical (unpaired) electrons. The zero-order valence-electron chi connectivity index (χ0n) is 10.4. The van der Waals surface area contributed by atoms with Crippen LogP contribution in [0, 0.1) is 5.82 Å². The normalized spacial score (nSPS) is 13.0. The molecule has 0 bridgehead atoms. The van der Waals surface area contributed by atoms with Gasteiger partial charge >= 0.3 is 0 Å². The first-order chi connectivity index (χ1) is 9.65. The van der Waals surface area contributed by atoms with E-state index in [1.807, 2.05) is 0 Å². The van der Waals surface area contributed by atoms with Gasteiger partial charge in [0.2, 0.25) is 5.78 Å². The van der Waals surface area contributed by atoms with E-state index in [1.54, 1.807) is 30.3 Å². The summed E-state index contributed by atoms with van der Waals surface area (Å²) in [6.07, 6.45) is 0. The lowest BCUT2D eigenvalue weighted by molar-refractivity contribution is 0.0961. The number of ether oxygens (including phenoxy) is 2. The SMILES string of the molecule is O=C1COc2cc(OCc3cccc(Cl)c3F)ccc21. The van der Waals surface area contributed by atoms with Crippen molar-refractivity contribution in [3.05, 3.63) is 58.4 Å². The van der Waals surface area contributed by atoms with Gasteiger partial charge in [0, 0.05) is 11.6 Å². The maximum atomic E-state index is 13.7. The standard InChI is InChI=1S/C15H10ClFO3/c16-12-3-1-2-9(15(12)17)7-19-10-4-5-11-13(18)8-20-14(11)6-10/h1-6H,7-8H2. The van der Waals surface area contributed by atoms with Crippen molar-refractivity contribution in [3.63, 3.8) is 0 Å². The summed E-state index contributed by atoms with van der Waals surface area (Å²) < 4.78 is 24.4. The first kappa shape index (κ1) is 12.9. The van der Waals surface area contributed by atoms with Crippen LogP contribution in [0.1, 0.15) is 15.9 Å². The number of hydrogen-bond acceptors (Lipinski definition) is 3. The van der Waals surface area contributed by atoms with Crippen molar-refractivity contribution in [1.29, 1.82) is 0 Å². The number of fused-ring (bicyclic) bond motifs is 1. The van der Waals surface area contributed by atoms with E-state index in [4.69, 9.17) is 21.1 Å². The molecule has 0 aliphatic carbocycles. The molecule has 0 saturated heterocycles. The van der Waals surface area contributed by atoms with Gasteiger partial charge in [-0.15, -0.1) is 0 Å². The van der Waals surface area contributed by atoms with E-state index in [-0.39, 0.29) is 24.0 Å². The lowest BCUT2D eigenvalue weighted by Crippen LogP contribution is -1.99. The van der Waals surface area contributed by atoms with Crippen LogP contribution in [-0.4, -0.2) is 12.4 Å². The highest BCUT2D eigenvalue weighted by Crippen LogP contribution is 2.30. The lowest BCUT2D eigenvalue weighted by Gasteiger charge is -2.08. The van der Waals surface area contributed by atoms with Crippen molar-refractivity contribution in [2.75, 3.05) is 6.61 Å². The Kier molecular flexibility index (Phi) is 3.32. The molecule has 3 rings (SSSR count). The lowest BCUT2D eigenvalue weighted by atomic mass is 10.1. The monoisotopic (exact) mass is 292 g/mol. The third-order valence-corrected chi connectivity index (χ3v) is 3.33. The van der Waals surface area contributed by atoms with Crippen molar-refractivity contribution in [1.82, 2.24) is 0 Å². The van der Waals surface area contributed by atoms with Gasteiger partial charge in [-0.05, 0) is 18.2 Å². The van der Waals surface area contributed by atoms with Crippen LogP contribution in [0.5, 0.6) is 11.5 Å². The highest BCUT2D eigenvalue weighted by molar-refractivity contribution is 6.30. The van der Waals surface area contributed by atoms with Gasteiger partial charge in [0.25, 0.3) is 0 Å². The van der Waals surface area contributed by atoms with E-state index in [0.717, 1.165) is 0 Å². The Bertz CT molecular complexity index is 685. The highest BCUT2D eigenvalue weighted by Gasteiger charge is 2.21. The zero-order valence-corrected chi connectivity index (χ0v) is 11.1. The average molecular weight is 293 g/mol. The summed E-state index contributed by atoms with van der Waals surface area (Å²) >= 11 is 5.70. The molecule has 0 aromatic heterocycles. The summed E-state index contributed by atoms with van der Waals surface area (Å²) in [6.45, 7) is 0.112. The molecule has 0 atom stereocenters. The molecule has 2 aromatic rings. The minimum atomic E-state index is -0.484. The minimum absolute atomic E-state index is 0.0487. The largest absolute Gasteiger partial charge is 0.489 e. The van der Waals surface area contributed by atoms with Gasteiger partial charge in [-0.25, -0.2) is 4.39 Å². The van der Waals surface area contributed by atoms with Gasteiger partial charge in [-0.2, -0.15) is 0 Å². The second kappa shape index (κ2) is 5.13.